The maximum absolute atomic E-state index is 15.1. The predicted octanol–water partition coefficient (Wildman–Crippen LogP) is 3.32. The molecule has 1 unspecified atom stereocenters. The van der Waals surface area contributed by atoms with Gasteiger partial charge in [-0.05, 0) is 12.1 Å². The Morgan fingerprint density at radius 2 is 2.36 bits per heavy atom. The summed E-state index contributed by atoms with van der Waals surface area (Å²) < 4.78 is 21.3. The van der Waals surface area contributed by atoms with Crippen LogP contribution in [0.25, 0.3) is 10.2 Å². The van der Waals surface area contributed by atoms with E-state index in [2.05, 4.69) is 15.3 Å². The zero-order valence-corrected chi connectivity index (χ0v) is 15.0. The molecule has 1 fully saturated rings. The smallest absolute Gasteiger partial charge is 0.265 e. The molecule has 0 spiro atoms. The second kappa shape index (κ2) is 6.23. The van der Waals surface area contributed by atoms with Gasteiger partial charge in [-0.25, -0.2) is 14.4 Å². The first-order chi connectivity index (χ1) is 12.1. The number of carbonyl (C=O) groups excluding carboxylic acids is 1. The first kappa shape index (κ1) is 16.2. The molecule has 1 saturated heterocycles. The Labute approximate surface area is 151 Å². The van der Waals surface area contributed by atoms with E-state index in [4.69, 9.17) is 4.74 Å². The maximum atomic E-state index is 15.1. The van der Waals surface area contributed by atoms with Gasteiger partial charge < -0.3 is 9.64 Å². The second-order valence-electron chi connectivity index (χ2n) is 5.76. The van der Waals surface area contributed by atoms with Gasteiger partial charge in [0, 0.05) is 30.6 Å². The standard InChI is InChI=1S/C16H15FN4O2S2/c1-23-10-2-3-12-11(8-10)19-15(25-12)21-6-4-16(17,9-21)13(22)20-14-18-5-7-24-14/h2-3,5,7-8H,4,6,9H2,1H3,(H,18,20,22). The van der Waals surface area contributed by atoms with Crippen molar-refractivity contribution in [3.63, 3.8) is 0 Å². The molecule has 2 aromatic heterocycles. The third-order valence-electron chi connectivity index (χ3n) is 4.13. The molecule has 1 N–H and O–H groups in total. The second-order valence-corrected chi connectivity index (χ2v) is 7.66. The zero-order chi connectivity index (χ0) is 17.4. The van der Waals surface area contributed by atoms with E-state index in [-0.39, 0.29) is 13.0 Å². The first-order valence-electron chi connectivity index (χ1n) is 7.67. The van der Waals surface area contributed by atoms with E-state index in [0.29, 0.717) is 16.8 Å². The lowest BCUT2D eigenvalue weighted by molar-refractivity contribution is -0.126. The number of rotatable bonds is 4. The molecule has 0 saturated carbocycles. The van der Waals surface area contributed by atoms with Gasteiger partial charge in [0.05, 0.1) is 23.9 Å². The van der Waals surface area contributed by atoms with Crippen molar-refractivity contribution < 1.29 is 13.9 Å². The number of nitrogens with zero attached hydrogens (tertiary/aromatic N) is 3. The van der Waals surface area contributed by atoms with Gasteiger partial charge in [0.1, 0.15) is 5.75 Å². The number of carbonyl (C=O) groups is 1. The van der Waals surface area contributed by atoms with Crippen molar-refractivity contribution in [2.24, 2.45) is 0 Å². The number of hydrogen-bond donors (Lipinski definition) is 1. The maximum Gasteiger partial charge on any atom is 0.265 e. The average molecular weight is 378 g/mol. The van der Waals surface area contributed by atoms with Crippen molar-refractivity contribution in [1.82, 2.24) is 9.97 Å². The topological polar surface area (TPSA) is 67.3 Å². The lowest BCUT2D eigenvalue weighted by Gasteiger charge is -2.19. The molecule has 1 aromatic carbocycles. The Hall–Kier alpha value is -2.26. The lowest BCUT2D eigenvalue weighted by Crippen LogP contribution is -2.41. The summed E-state index contributed by atoms with van der Waals surface area (Å²) in [5.74, 6) is 0.0844. The quantitative estimate of drug-likeness (QED) is 0.754. The molecule has 1 aliphatic rings. The summed E-state index contributed by atoms with van der Waals surface area (Å²) in [5, 5.41) is 5.41. The van der Waals surface area contributed by atoms with Crippen molar-refractivity contribution in [1.29, 1.82) is 0 Å². The molecular weight excluding hydrogens is 363 g/mol. The third kappa shape index (κ3) is 3.05. The highest BCUT2D eigenvalue weighted by Crippen LogP contribution is 2.36. The van der Waals surface area contributed by atoms with Crippen molar-refractivity contribution >= 4 is 49.1 Å². The fourth-order valence-electron chi connectivity index (χ4n) is 2.77. The van der Waals surface area contributed by atoms with Crippen LogP contribution < -0.4 is 15.0 Å². The number of ether oxygens (including phenoxy) is 1. The average Bonchev–Trinajstić information content (AvgIpc) is 3.33. The highest BCUT2D eigenvalue weighted by molar-refractivity contribution is 7.22. The van der Waals surface area contributed by atoms with Crippen LogP contribution in [0.3, 0.4) is 0 Å². The minimum atomic E-state index is -1.94. The summed E-state index contributed by atoms with van der Waals surface area (Å²) in [6, 6.07) is 5.65. The van der Waals surface area contributed by atoms with E-state index in [9.17, 15) is 4.79 Å². The molecule has 25 heavy (non-hydrogen) atoms. The van der Waals surface area contributed by atoms with Crippen molar-refractivity contribution in [3.05, 3.63) is 29.8 Å². The van der Waals surface area contributed by atoms with E-state index in [1.54, 1.807) is 18.7 Å². The fourth-order valence-corrected chi connectivity index (χ4v) is 4.27. The molecule has 6 nitrogen and oxygen atoms in total. The Morgan fingerprint density at radius 1 is 1.48 bits per heavy atom. The van der Waals surface area contributed by atoms with Gasteiger partial charge in [-0.2, -0.15) is 0 Å². The summed E-state index contributed by atoms with van der Waals surface area (Å²) in [6.45, 7) is 0.430. The highest BCUT2D eigenvalue weighted by atomic mass is 32.1. The van der Waals surface area contributed by atoms with Gasteiger partial charge in [-0.1, -0.05) is 11.3 Å². The molecule has 0 bridgehead atoms. The summed E-state index contributed by atoms with van der Waals surface area (Å²) in [6.07, 6.45) is 1.70. The number of fused-ring (bicyclic) bond motifs is 1. The minimum absolute atomic E-state index is 0.0127. The largest absolute Gasteiger partial charge is 0.497 e. The Kier molecular flexibility index (Phi) is 4.04. The summed E-state index contributed by atoms with van der Waals surface area (Å²) in [7, 11) is 1.60. The van der Waals surface area contributed by atoms with Crippen LogP contribution in [0.2, 0.25) is 0 Å². The molecule has 0 aliphatic carbocycles. The van der Waals surface area contributed by atoms with Crippen LogP contribution in [0.1, 0.15) is 6.42 Å². The van der Waals surface area contributed by atoms with Crippen molar-refractivity contribution in [2.45, 2.75) is 12.1 Å². The molecule has 3 heterocycles. The fraction of sp³-hybridized carbons (Fsp3) is 0.312. The number of halogens is 1. The third-order valence-corrected chi connectivity index (χ3v) is 5.92. The van der Waals surface area contributed by atoms with E-state index in [1.807, 2.05) is 23.1 Å². The number of methoxy groups -OCH3 is 1. The van der Waals surface area contributed by atoms with Gasteiger partial charge in [0.2, 0.25) is 5.67 Å². The number of benzene rings is 1. The molecular formula is C16H15FN4O2S2. The van der Waals surface area contributed by atoms with Gasteiger partial charge in [0.25, 0.3) is 5.91 Å². The van der Waals surface area contributed by atoms with Gasteiger partial charge >= 0.3 is 0 Å². The summed E-state index contributed by atoms with van der Waals surface area (Å²) >= 11 is 2.75. The highest BCUT2D eigenvalue weighted by Gasteiger charge is 2.46. The SMILES string of the molecule is COc1ccc2sc(N3CCC(F)(C(=O)Nc4nccs4)C3)nc2c1. The van der Waals surface area contributed by atoms with Crippen LogP contribution in [0.4, 0.5) is 14.7 Å². The van der Waals surface area contributed by atoms with Gasteiger partial charge in [-0.3, -0.25) is 10.1 Å². The summed E-state index contributed by atoms with van der Waals surface area (Å²) in [4.78, 5) is 22.6. The zero-order valence-electron chi connectivity index (χ0n) is 13.4. The van der Waals surface area contributed by atoms with Gasteiger partial charge in [0.15, 0.2) is 10.3 Å². The molecule has 130 valence electrons. The summed E-state index contributed by atoms with van der Waals surface area (Å²) in [5.41, 5.74) is -1.13. The van der Waals surface area contributed by atoms with Crippen molar-refractivity contribution in [3.8, 4) is 5.75 Å². The van der Waals surface area contributed by atoms with E-state index < -0.39 is 11.6 Å². The van der Waals surface area contributed by atoms with Crippen LogP contribution in [-0.4, -0.2) is 41.7 Å². The van der Waals surface area contributed by atoms with E-state index in [1.165, 1.54) is 22.7 Å². The Balaban J connectivity index is 1.52. The van der Waals surface area contributed by atoms with Crippen LogP contribution >= 0.6 is 22.7 Å². The molecule has 1 atom stereocenters. The van der Waals surface area contributed by atoms with E-state index in [0.717, 1.165) is 16.0 Å². The Bertz CT molecular complexity index is 914. The molecule has 3 aromatic rings. The number of aromatic nitrogens is 2. The monoisotopic (exact) mass is 378 g/mol. The van der Waals surface area contributed by atoms with Crippen LogP contribution in [0, 0.1) is 0 Å². The molecule has 0 radical (unpaired) electrons. The normalized spacial score (nSPS) is 20.2. The number of amides is 1. The van der Waals surface area contributed by atoms with E-state index >= 15 is 4.39 Å². The number of hydrogen-bond acceptors (Lipinski definition) is 7. The number of nitrogens with one attached hydrogen (secondary N) is 1. The lowest BCUT2D eigenvalue weighted by atomic mass is 10.1. The molecule has 1 aliphatic heterocycles. The van der Waals surface area contributed by atoms with Crippen molar-refractivity contribution in [2.75, 3.05) is 30.4 Å². The first-order valence-corrected chi connectivity index (χ1v) is 9.36. The number of thiazole rings is 2. The van der Waals surface area contributed by atoms with Crippen LogP contribution in [0.15, 0.2) is 29.8 Å². The number of anilines is 2. The Morgan fingerprint density at radius 3 is 3.12 bits per heavy atom. The minimum Gasteiger partial charge on any atom is -0.497 e. The van der Waals surface area contributed by atoms with Crippen LogP contribution in [-0.2, 0) is 4.79 Å². The number of alkyl halides is 1. The predicted molar refractivity (Wildman–Crippen MR) is 97.6 cm³/mol. The molecule has 4 rings (SSSR count). The molecule has 1 amide bonds. The van der Waals surface area contributed by atoms with Gasteiger partial charge in [-0.15, -0.1) is 11.3 Å². The molecule has 9 heteroatoms. The van der Waals surface area contributed by atoms with Crippen LogP contribution in [0.5, 0.6) is 5.75 Å².